The molecule has 0 amide bonds. The number of hydrogen-bond donors (Lipinski definition) is 0. The van der Waals surface area contributed by atoms with Gasteiger partial charge in [0, 0.05) is 12.8 Å². The van der Waals surface area contributed by atoms with Crippen molar-refractivity contribution in [3.8, 4) is 0 Å². The van der Waals surface area contributed by atoms with Gasteiger partial charge in [-0.25, -0.2) is 8.78 Å². The van der Waals surface area contributed by atoms with Gasteiger partial charge in [-0.1, -0.05) is 38.5 Å². The topological polar surface area (TPSA) is 26.3 Å². The zero-order chi connectivity index (χ0) is 12.9. The molecular weight excluding hydrogens is 226 g/mol. The highest BCUT2D eigenvalue weighted by atomic mass is 19.3. The van der Waals surface area contributed by atoms with Crippen LogP contribution in [0.2, 0.25) is 0 Å². The van der Waals surface area contributed by atoms with Crippen molar-refractivity contribution in [3.05, 3.63) is 0 Å². The van der Waals surface area contributed by atoms with Gasteiger partial charge in [-0.15, -0.1) is 0 Å². The molecule has 0 unspecified atom stereocenters. The summed E-state index contributed by atoms with van der Waals surface area (Å²) in [6.07, 6.45) is 6.29. The minimum Gasteiger partial charge on any atom is -0.469 e. The number of esters is 1. The Morgan fingerprint density at radius 3 is 1.88 bits per heavy atom. The van der Waals surface area contributed by atoms with Gasteiger partial charge in [0.2, 0.25) is 6.43 Å². The predicted molar refractivity (Wildman–Crippen MR) is 64.2 cm³/mol. The third-order valence-corrected chi connectivity index (χ3v) is 2.78. The lowest BCUT2D eigenvalue weighted by atomic mass is 10.1. The molecule has 102 valence electrons. The summed E-state index contributed by atoms with van der Waals surface area (Å²) in [6, 6.07) is 0. The monoisotopic (exact) mass is 250 g/mol. The van der Waals surface area contributed by atoms with E-state index < -0.39 is 6.43 Å². The average Bonchev–Trinajstić information content (AvgIpc) is 2.30. The number of halogens is 2. The third-order valence-electron chi connectivity index (χ3n) is 2.78. The second-order valence-corrected chi connectivity index (χ2v) is 4.33. The predicted octanol–water partition coefficient (Wildman–Crippen LogP) is 4.33. The molecule has 0 aromatic heterocycles. The standard InChI is InChI=1S/C13H24F2O2/c1-17-13(16)11-9-7-5-3-2-4-6-8-10-12(14)15/h12H,2-11H2,1H3. The maximum atomic E-state index is 11.8. The van der Waals surface area contributed by atoms with Gasteiger partial charge in [-0.3, -0.25) is 4.79 Å². The van der Waals surface area contributed by atoms with Crippen molar-refractivity contribution in [2.24, 2.45) is 0 Å². The Labute approximate surface area is 103 Å². The number of carbonyl (C=O) groups excluding carboxylic acids is 1. The van der Waals surface area contributed by atoms with Crippen LogP contribution in [0, 0.1) is 0 Å². The zero-order valence-electron chi connectivity index (χ0n) is 10.7. The first kappa shape index (κ1) is 16.3. The molecule has 0 aliphatic carbocycles. The molecule has 0 bridgehead atoms. The van der Waals surface area contributed by atoms with E-state index in [1.165, 1.54) is 7.11 Å². The fourth-order valence-electron chi connectivity index (χ4n) is 1.73. The van der Waals surface area contributed by atoms with Gasteiger partial charge in [0.25, 0.3) is 0 Å². The van der Waals surface area contributed by atoms with Crippen molar-refractivity contribution in [3.63, 3.8) is 0 Å². The molecule has 0 fully saturated rings. The molecule has 0 aromatic rings. The van der Waals surface area contributed by atoms with E-state index in [9.17, 15) is 13.6 Å². The minimum absolute atomic E-state index is 0.0408. The molecule has 17 heavy (non-hydrogen) atoms. The van der Waals surface area contributed by atoms with Crippen LogP contribution in [0.1, 0.15) is 64.2 Å². The van der Waals surface area contributed by atoms with Gasteiger partial charge in [0.15, 0.2) is 0 Å². The van der Waals surface area contributed by atoms with Crippen LogP contribution in [0.25, 0.3) is 0 Å². The lowest BCUT2D eigenvalue weighted by molar-refractivity contribution is -0.140. The summed E-state index contributed by atoms with van der Waals surface area (Å²) >= 11 is 0. The maximum absolute atomic E-state index is 11.8. The number of alkyl halides is 2. The summed E-state index contributed by atoms with van der Waals surface area (Å²) in [5.41, 5.74) is 0. The van der Waals surface area contributed by atoms with Gasteiger partial charge in [-0.2, -0.15) is 0 Å². The first-order valence-corrected chi connectivity index (χ1v) is 6.51. The third kappa shape index (κ3) is 13.3. The van der Waals surface area contributed by atoms with Crippen LogP contribution < -0.4 is 0 Å². The number of hydrogen-bond acceptors (Lipinski definition) is 2. The first-order valence-electron chi connectivity index (χ1n) is 6.51. The molecule has 0 atom stereocenters. The lowest BCUT2D eigenvalue weighted by Crippen LogP contribution is -1.99. The van der Waals surface area contributed by atoms with E-state index in [0.29, 0.717) is 12.8 Å². The highest BCUT2D eigenvalue weighted by Crippen LogP contribution is 2.12. The van der Waals surface area contributed by atoms with E-state index in [1.54, 1.807) is 0 Å². The summed E-state index contributed by atoms with van der Waals surface area (Å²) < 4.78 is 28.2. The van der Waals surface area contributed by atoms with Gasteiger partial charge < -0.3 is 4.74 Å². The van der Waals surface area contributed by atoms with E-state index in [-0.39, 0.29) is 12.4 Å². The zero-order valence-corrected chi connectivity index (χ0v) is 10.7. The fraction of sp³-hybridized carbons (Fsp3) is 0.923. The summed E-state index contributed by atoms with van der Waals surface area (Å²) in [6.45, 7) is 0. The van der Waals surface area contributed by atoms with Crippen molar-refractivity contribution in [2.45, 2.75) is 70.6 Å². The van der Waals surface area contributed by atoms with E-state index in [0.717, 1.165) is 44.9 Å². The number of ether oxygens (including phenoxy) is 1. The Morgan fingerprint density at radius 2 is 1.41 bits per heavy atom. The van der Waals surface area contributed by atoms with E-state index in [4.69, 9.17) is 0 Å². The molecule has 0 saturated heterocycles. The van der Waals surface area contributed by atoms with Gasteiger partial charge >= 0.3 is 5.97 Å². The Balaban J connectivity index is 3.01. The highest BCUT2D eigenvalue weighted by Gasteiger charge is 2.01. The summed E-state index contributed by atoms with van der Waals surface area (Å²) in [5, 5.41) is 0. The number of methoxy groups -OCH3 is 1. The van der Waals surface area contributed by atoms with Crippen LogP contribution in [-0.2, 0) is 9.53 Å². The fourth-order valence-corrected chi connectivity index (χ4v) is 1.73. The SMILES string of the molecule is COC(=O)CCCCCCCCCCC(F)F. The van der Waals surface area contributed by atoms with Crippen LogP contribution in [0.3, 0.4) is 0 Å². The molecule has 0 spiro atoms. The van der Waals surface area contributed by atoms with Crippen molar-refractivity contribution < 1.29 is 18.3 Å². The largest absolute Gasteiger partial charge is 0.469 e. The highest BCUT2D eigenvalue weighted by molar-refractivity contribution is 5.68. The van der Waals surface area contributed by atoms with Crippen LogP contribution in [0.15, 0.2) is 0 Å². The van der Waals surface area contributed by atoms with Gasteiger partial charge in [0.05, 0.1) is 7.11 Å². The average molecular weight is 250 g/mol. The molecule has 0 radical (unpaired) electrons. The number of carbonyl (C=O) groups is 1. The maximum Gasteiger partial charge on any atom is 0.305 e. The molecule has 0 aliphatic rings. The molecule has 4 heteroatoms. The smallest absolute Gasteiger partial charge is 0.305 e. The Morgan fingerprint density at radius 1 is 0.941 bits per heavy atom. The quantitative estimate of drug-likeness (QED) is 0.403. The Kier molecular flexibility index (Phi) is 11.3. The molecular formula is C13H24F2O2. The second-order valence-electron chi connectivity index (χ2n) is 4.33. The lowest BCUT2D eigenvalue weighted by Gasteiger charge is -2.02. The van der Waals surface area contributed by atoms with Crippen LogP contribution in [0.4, 0.5) is 8.78 Å². The van der Waals surface area contributed by atoms with E-state index >= 15 is 0 Å². The first-order chi connectivity index (χ1) is 8.16. The van der Waals surface area contributed by atoms with E-state index in [1.807, 2.05) is 0 Å². The van der Waals surface area contributed by atoms with Gasteiger partial charge in [0.1, 0.15) is 0 Å². The van der Waals surface area contributed by atoms with Crippen molar-refractivity contribution in [1.29, 1.82) is 0 Å². The van der Waals surface area contributed by atoms with Crippen molar-refractivity contribution >= 4 is 5.97 Å². The normalized spacial score (nSPS) is 10.8. The summed E-state index contributed by atoms with van der Waals surface area (Å²) in [7, 11) is 1.40. The minimum atomic E-state index is -2.15. The Bertz CT molecular complexity index is 184. The molecule has 0 aliphatic heterocycles. The summed E-state index contributed by atoms with van der Waals surface area (Å²) in [4.78, 5) is 10.8. The number of rotatable bonds is 11. The summed E-state index contributed by atoms with van der Waals surface area (Å²) in [5.74, 6) is -0.142. The molecule has 0 heterocycles. The van der Waals surface area contributed by atoms with Crippen molar-refractivity contribution in [2.75, 3.05) is 7.11 Å². The molecule has 0 aromatic carbocycles. The van der Waals surface area contributed by atoms with E-state index in [2.05, 4.69) is 4.74 Å². The van der Waals surface area contributed by atoms with Crippen LogP contribution in [-0.4, -0.2) is 19.5 Å². The van der Waals surface area contributed by atoms with Gasteiger partial charge in [-0.05, 0) is 12.8 Å². The molecule has 0 N–H and O–H groups in total. The van der Waals surface area contributed by atoms with Crippen molar-refractivity contribution in [1.82, 2.24) is 0 Å². The van der Waals surface area contributed by atoms with Crippen LogP contribution >= 0.6 is 0 Å². The number of unbranched alkanes of at least 4 members (excludes halogenated alkanes) is 7. The molecule has 2 nitrogen and oxygen atoms in total. The Hall–Kier alpha value is -0.670. The molecule has 0 saturated carbocycles. The van der Waals surface area contributed by atoms with Crippen LogP contribution in [0.5, 0.6) is 0 Å². The second kappa shape index (κ2) is 11.8. The molecule has 0 rings (SSSR count).